The van der Waals surface area contributed by atoms with E-state index in [9.17, 15) is 0 Å². The molecule has 4 rings (SSSR count). The van der Waals surface area contributed by atoms with Gasteiger partial charge in [-0.25, -0.2) is 0 Å². The second-order valence-corrected chi connectivity index (χ2v) is 6.90. The smallest absolute Gasteiger partial charge is 0.227 e. The van der Waals surface area contributed by atoms with Crippen LogP contribution in [-0.4, -0.2) is 47.7 Å². The number of anilines is 1. The molecule has 2 aromatic rings. The van der Waals surface area contributed by atoms with E-state index >= 15 is 0 Å². The minimum atomic E-state index is 0.109. The number of fused-ring (bicyclic) bond motifs is 1. The number of rotatable bonds is 5. The SMILES string of the molecule is C=C(C)Cn1c(C2COc3ccccc32)nnc1N1CC[C@H](OC)C1. The fourth-order valence-electron chi connectivity index (χ4n) is 3.70. The number of benzene rings is 1. The molecule has 0 aliphatic carbocycles. The largest absolute Gasteiger partial charge is 0.492 e. The van der Waals surface area contributed by atoms with Crippen LogP contribution in [0.25, 0.3) is 0 Å². The first kappa shape index (κ1) is 16.1. The summed E-state index contributed by atoms with van der Waals surface area (Å²) < 4.78 is 13.5. The van der Waals surface area contributed by atoms with Crippen LogP contribution in [0.3, 0.4) is 0 Å². The number of nitrogens with zero attached hydrogens (tertiary/aromatic N) is 4. The van der Waals surface area contributed by atoms with Crippen molar-refractivity contribution in [2.75, 3.05) is 31.7 Å². The first-order chi connectivity index (χ1) is 12.2. The fraction of sp³-hybridized carbons (Fsp3) is 0.474. The summed E-state index contributed by atoms with van der Waals surface area (Å²) in [4.78, 5) is 2.26. The van der Waals surface area contributed by atoms with Crippen molar-refractivity contribution < 1.29 is 9.47 Å². The fourth-order valence-corrected chi connectivity index (χ4v) is 3.70. The summed E-state index contributed by atoms with van der Waals surface area (Å²) >= 11 is 0. The average molecular weight is 340 g/mol. The Bertz CT molecular complexity index is 785. The molecule has 3 heterocycles. The Hall–Kier alpha value is -2.34. The van der Waals surface area contributed by atoms with Crippen LogP contribution in [-0.2, 0) is 11.3 Å². The molecule has 1 fully saturated rings. The number of methoxy groups -OCH3 is 1. The van der Waals surface area contributed by atoms with Gasteiger partial charge in [0.25, 0.3) is 0 Å². The predicted octanol–water partition coefficient (Wildman–Crippen LogP) is 2.60. The lowest BCUT2D eigenvalue weighted by atomic mass is 10.0. The number of allylic oxidation sites excluding steroid dienone is 1. The quantitative estimate of drug-likeness (QED) is 0.783. The predicted molar refractivity (Wildman–Crippen MR) is 96.2 cm³/mol. The second-order valence-electron chi connectivity index (χ2n) is 6.90. The highest BCUT2D eigenvalue weighted by Crippen LogP contribution is 2.38. The Labute approximate surface area is 148 Å². The van der Waals surface area contributed by atoms with E-state index in [1.165, 1.54) is 5.56 Å². The molecule has 1 aromatic carbocycles. The molecule has 1 saturated heterocycles. The lowest BCUT2D eigenvalue weighted by Crippen LogP contribution is -2.26. The third-order valence-electron chi connectivity index (χ3n) is 4.96. The van der Waals surface area contributed by atoms with Crippen LogP contribution in [0.4, 0.5) is 5.95 Å². The second kappa shape index (κ2) is 6.52. The number of hydrogen-bond acceptors (Lipinski definition) is 5. The molecular weight excluding hydrogens is 316 g/mol. The molecule has 0 spiro atoms. The molecule has 0 radical (unpaired) electrons. The van der Waals surface area contributed by atoms with Gasteiger partial charge >= 0.3 is 0 Å². The number of hydrogen-bond donors (Lipinski definition) is 0. The molecule has 2 atom stereocenters. The van der Waals surface area contributed by atoms with Crippen LogP contribution in [0.2, 0.25) is 0 Å². The molecular formula is C19H24N4O2. The first-order valence-corrected chi connectivity index (χ1v) is 8.74. The molecule has 0 amide bonds. The third kappa shape index (κ3) is 2.91. The van der Waals surface area contributed by atoms with Gasteiger partial charge in [0.2, 0.25) is 5.95 Å². The van der Waals surface area contributed by atoms with E-state index in [-0.39, 0.29) is 12.0 Å². The maximum absolute atomic E-state index is 5.86. The van der Waals surface area contributed by atoms with E-state index < -0.39 is 0 Å². The Kier molecular flexibility index (Phi) is 4.21. The van der Waals surface area contributed by atoms with E-state index in [0.29, 0.717) is 13.2 Å². The lowest BCUT2D eigenvalue weighted by molar-refractivity contribution is 0.121. The molecule has 0 N–H and O–H groups in total. The highest BCUT2D eigenvalue weighted by molar-refractivity contribution is 5.44. The van der Waals surface area contributed by atoms with Gasteiger partial charge in [-0.15, -0.1) is 10.2 Å². The zero-order valence-electron chi connectivity index (χ0n) is 14.8. The topological polar surface area (TPSA) is 52.4 Å². The molecule has 25 heavy (non-hydrogen) atoms. The summed E-state index contributed by atoms with van der Waals surface area (Å²) in [5.74, 6) is 2.91. The minimum absolute atomic E-state index is 0.109. The van der Waals surface area contributed by atoms with Crippen LogP contribution >= 0.6 is 0 Å². The highest BCUT2D eigenvalue weighted by Gasteiger charge is 2.33. The third-order valence-corrected chi connectivity index (χ3v) is 4.96. The number of ether oxygens (including phenoxy) is 2. The highest BCUT2D eigenvalue weighted by atomic mass is 16.5. The lowest BCUT2D eigenvalue weighted by Gasteiger charge is -2.20. The number of aromatic nitrogens is 3. The van der Waals surface area contributed by atoms with E-state index in [2.05, 4.69) is 32.3 Å². The maximum Gasteiger partial charge on any atom is 0.227 e. The zero-order chi connectivity index (χ0) is 17.4. The van der Waals surface area contributed by atoms with Crippen LogP contribution < -0.4 is 9.64 Å². The molecule has 132 valence electrons. The van der Waals surface area contributed by atoms with Crippen molar-refractivity contribution in [3.05, 3.63) is 47.8 Å². The van der Waals surface area contributed by atoms with Gasteiger partial charge in [0.05, 0.1) is 12.0 Å². The Balaban J connectivity index is 1.70. The van der Waals surface area contributed by atoms with Gasteiger partial charge in [-0.05, 0) is 19.4 Å². The van der Waals surface area contributed by atoms with Crippen LogP contribution in [0.5, 0.6) is 5.75 Å². The van der Waals surface area contributed by atoms with Crippen molar-refractivity contribution in [3.8, 4) is 5.75 Å². The average Bonchev–Trinajstić information content (AvgIpc) is 3.31. The van der Waals surface area contributed by atoms with Gasteiger partial charge in [-0.3, -0.25) is 4.57 Å². The van der Waals surface area contributed by atoms with Crippen LogP contribution in [0.15, 0.2) is 36.4 Å². The van der Waals surface area contributed by atoms with Crippen LogP contribution in [0.1, 0.15) is 30.7 Å². The summed E-state index contributed by atoms with van der Waals surface area (Å²) in [5, 5.41) is 9.08. The van der Waals surface area contributed by atoms with Gasteiger partial charge < -0.3 is 14.4 Å². The Morgan fingerprint density at radius 3 is 2.96 bits per heavy atom. The van der Waals surface area contributed by atoms with Crippen molar-refractivity contribution in [1.82, 2.24) is 14.8 Å². The van der Waals surface area contributed by atoms with E-state index in [1.807, 2.05) is 25.1 Å². The summed E-state index contributed by atoms with van der Waals surface area (Å²) in [5.41, 5.74) is 2.26. The van der Waals surface area contributed by atoms with Crippen molar-refractivity contribution in [2.45, 2.75) is 31.9 Å². The van der Waals surface area contributed by atoms with Crippen molar-refractivity contribution in [1.29, 1.82) is 0 Å². The minimum Gasteiger partial charge on any atom is -0.492 e. The van der Waals surface area contributed by atoms with Crippen molar-refractivity contribution in [3.63, 3.8) is 0 Å². The van der Waals surface area contributed by atoms with E-state index in [4.69, 9.17) is 9.47 Å². The molecule has 1 aromatic heterocycles. The summed E-state index contributed by atoms with van der Waals surface area (Å²) in [6, 6.07) is 8.17. The van der Waals surface area contributed by atoms with Gasteiger partial charge in [-0.2, -0.15) is 0 Å². The summed E-state index contributed by atoms with van der Waals surface area (Å²) in [6.45, 7) is 9.23. The zero-order valence-corrected chi connectivity index (χ0v) is 14.8. The molecule has 2 aliphatic rings. The van der Waals surface area contributed by atoms with Crippen molar-refractivity contribution >= 4 is 5.95 Å². The Morgan fingerprint density at radius 2 is 2.20 bits per heavy atom. The van der Waals surface area contributed by atoms with Gasteiger partial charge in [0, 0.05) is 32.3 Å². The van der Waals surface area contributed by atoms with E-state index in [1.54, 1.807) is 7.11 Å². The van der Waals surface area contributed by atoms with Crippen molar-refractivity contribution in [2.24, 2.45) is 0 Å². The van der Waals surface area contributed by atoms with E-state index in [0.717, 1.165) is 42.6 Å². The molecule has 0 bridgehead atoms. The maximum atomic E-state index is 5.86. The number of para-hydroxylation sites is 1. The molecule has 6 nitrogen and oxygen atoms in total. The summed E-state index contributed by atoms with van der Waals surface area (Å²) in [6.07, 6.45) is 1.27. The Morgan fingerprint density at radius 1 is 1.36 bits per heavy atom. The summed E-state index contributed by atoms with van der Waals surface area (Å²) in [7, 11) is 1.77. The van der Waals surface area contributed by atoms with Crippen LogP contribution in [0, 0.1) is 0 Å². The monoisotopic (exact) mass is 340 g/mol. The van der Waals surface area contributed by atoms with Gasteiger partial charge in [0.15, 0.2) is 0 Å². The molecule has 0 saturated carbocycles. The molecule has 2 aliphatic heterocycles. The normalized spacial score (nSPS) is 22.1. The van der Waals surface area contributed by atoms with Gasteiger partial charge in [-0.1, -0.05) is 30.4 Å². The standard InChI is InChI=1S/C19H24N4O2/c1-13(2)10-23-18(16-12-25-17-7-5-4-6-15(16)17)20-21-19(23)22-9-8-14(11-22)24-3/h4-7,14,16H,1,8-12H2,2-3H3/t14-,16?/m0/s1. The molecule has 1 unspecified atom stereocenters. The first-order valence-electron chi connectivity index (χ1n) is 8.74. The van der Waals surface area contributed by atoms with Gasteiger partial charge in [0.1, 0.15) is 18.2 Å². The molecule has 6 heteroatoms.